The Kier molecular flexibility index (Phi) is 6.08. The zero-order valence-corrected chi connectivity index (χ0v) is 15.1. The van der Waals surface area contributed by atoms with Gasteiger partial charge in [-0.2, -0.15) is 18.4 Å². The molecular formula is C16H14F3N3OS2. The fourth-order valence-corrected chi connectivity index (χ4v) is 3.79. The lowest BCUT2D eigenvalue weighted by Crippen LogP contribution is -2.27. The van der Waals surface area contributed by atoms with Crippen molar-refractivity contribution in [3.05, 3.63) is 45.3 Å². The van der Waals surface area contributed by atoms with Crippen molar-refractivity contribution in [3.8, 4) is 6.07 Å². The summed E-state index contributed by atoms with van der Waals surface area (Å²) >= 11 is 2.36. The van der Waals surface area contributed by atoms with Crippen molar-refractivity contribution in [2.24, 2.45) is 0 Å². The van der Waals surface area contributed by atoms with Gasteiger partial charge in [0.2, 0.25) is 5.91 Å². The molecule has 2 aromatic rings. The first-order valence-electron chi connectivity index (χ1n) is 7.10. The summed E-state index contributed by atoms with van der Waals surface area (Å²) in [6, 6.07) is 6.17. The van der Waals surface area contributed by atoms with Crippen molar-refractivity contribution < 1.29 is 18.0 Å². The number of carbonyl (C=O) groups excluding carboxylic acids is 1. The van der Waals surface area contributed by atoms with Gasteiger partial charge in [0.15, 0.2) is 0 Å². The van der Waals surface area contributed by atoms with E-state index in [-0.39, 0.29) is 22.4 Å². The van der Waals surface area contributed by atoms with Crippen LogP contribution in [0.5, 0.6) is 0 Å². The Balaban J connectivity index is 2.13. The normalized spacial score (nSPS) is 11.2. The third-order valence-corrected chi connectivity index (χ3v) is 5.08. The number of nitrogens with zero attached hydrogens (tertiary/aromatic N) is 3. The van der Waals surface area contributed by atoms with E-state index in [0.717, 1.165) is 22.7 Å². The Morgan fingerprint density at radius 3 is 2.76 bits per heavy atom. The molecule has 0 saturated carbocycles. The van der Waals surface area contributed by atoms with Crippen molar-refractivity contribution in [2.45, 2.75) is 24.7 Å². The lowest BCUT2D eigenvalue weighted by molar-refractivity contribution is -0.138. The third kappa shape index (κ3) is 4.96. The number of hydrogen-bond donors (Lipinski definition) is 0. The Labute approximate surface area is 151 Å². The van der Waals surface area contributed by atoms with Gasteiger partial charge >= 0.3 is 6.18 Å². The van der Waals surface area contributed by atoms with Crippen LogP contribution in [0.2, 0.25) is 0 Å². The molecule has 0 unspecified atom stereocenters. The van der Waals surface area contributed by atoms with Gasteiger partial charge in [-0.25, -0.2) is 4.98 Å². The van der Waals surface area contributed by atoms with Crippen LogP contribution in [-0.4, -0.2) is 28.6 Å². The zero-order chi connectivity index (χ0) is 18.6. The van der Waals surface area contributed by atoms with Crippen LogP contribution in [0, 0.1) is 18.3 Å². The summed E-state index contributed by atoms with van der Waals surface area (Å²) < 4.78 is 39.2. The number of halogens is 3. The molecule has 0 spiro atoms. The maximum absolute atomic E-state index is 13.1. The van der Waals surface area contributed by atoms with E-state index in [2.05, 4.69) is 4.98 Å². The molecule has 0 aromatic carbocycles. The van der Waals surface area contributed by atoms with Crippen molar-refractivity contribution in [3.63, 3.8) is 0 Å². The van der Waals surface area contributed by atoms with E-state index in [9.17, 15) is 18.0 Å². The number of amides is 1. The molecule has 0 bridgehead atoms. The molecule has 0 aliphatic carbocycles. The summed E-state index contributed by atoms with van der Waals surface area (Å²) in [4.78, 5) is 18.7. The fraction of sp³-hybridized carbons (Fsp3) is 0.312. The molecule has 25 heavy (non-hydrogen) atoms. The lowest BCUT2D eigenvalue weighted by atomic mass is 10.1. The van der Waals surface area contributed by atoms with E-state index in [0.29, 0.717) is 6.54 Å². The van der Waals surface area contributed by atoms with Gasteiger partial charge in [-0.1, -0.05) is 17.8 Å². The standard InChI is InChI=1S/C16H14F3N3OS2/c1-10-6-13(16(17,18)19)12(7-20)15(21-10)25-9-14(23)22(2)8-11-4-3-5-24-11/h3-6H,8-9H2,1-2H3. The fourth-order valence-electron chi connectivity index (χ4n) is 2.05. The molecule has 2 heterocycles. The largest absolute Gasteiger partial charge is 0.417 e. The smallest absolute Gasteiger partial charge is 0.340 e. The minimum absolute atomic E-state index is 0.0762. The molecule has 0 fully saturated rings. The number of alkyl halides is 3. The average Bonchev–Trinajstić information content (AvgIpc) is 3.04. The molecule has 2 aromatic heterocycles. The van der Waals surface area contributed by atoms with Crippen molar-refractivity contribution in [1.82, 2.24) is 9.88 Å². The van der Waals surface area contributed by atoms with Crippen LogP contribution in [0.3, 0.4) is 0 Å². The highest BCUT2D eigenvalue weighted by Gasteiger charge is 2.35. The van der Waals surface area contributed by atoms with Crippen LogP contribution in [0.4, 0.5) is 13.2 Å². The molecule has 0 aliphatic rings. The van der Waals surface area contributed by atoms with E-state index in [1.807, 2.05) is 17.5 Å². The van der Waals surface area contributed by atoms with E-state index < -0.39 is 17.3 Å². The van der Waals surface area contributed by atoms with E-state index in [4.69, 9.17) is 5.26 Å². The van der Waals surface area contributed by atoms with Crippen LogP contribution >= 0.6 is 23.1 Å². The highest BCUT2D eigenvalue weighted by molar-refractivity contribution is 8.00. The van der Waals surface area contributed by atoms with E-state index >= 15 is 0 Å². The molecule has 0 saturated heterocycles. The molecular weight excluding hydrogens is 371 g/mol. The second kappa shape index (κ2) is 7.89. The van der Waals surface area contributed by atoms with E-state index in [1.165, 1.54) is 23.2 Å². The predicted octanol–water partition coefficient (Wildman–Crippen LogP) is 4.09. The van der Waals surface area contributed by atoms with Crippen LogP contribution in [0.25, 0.3) is 0 Å². The van der Waals surface area contributed by atoms with Crippen molar-refractivity contribution in [2.75, 3.05) is 12.8 Å². The first-order chi connectivity index (χ1) is 11.7. The molecule has 0 radical (unpaired) electrons. The summed E-state index contributed by atoms with van der Waals surface area (Å²) in [6.45, 7) is 1.85. The van der Waals surface area contributed by atoms with Crippen molar-refractivity contribution in [1.29, 1.82) is 5.26 Å². The zero-order valence-electron chi connectivity index (χ0n) is 13.4. The summed E-state index contributed by atoms with van der Waals surface area (Å²) in [5, 5.41) is 10.9. The maximum Gasteiger partial charge on any atom is 0.417 e. The number of hydrogen-bond acceptors (Lipinski definition) is 5. The Hall–Kier alpha value is -2.05. The van der Waals surface area contributed by atoms with Gasteiger partial charge in [0.25, 0.3) is 0 Å². The summed E-state index contributed by atoms with van der Waals surface area (Å²) in [7, 11) is 1.62. The lowest BCUT2D eigenvalue weighted by Gasteiger charge is -2.17. The maximum atomic E-state index is 13.1. The first-order valence-corrected chi connectivity index (χ1v) is 8.97. The van der Waals surface area contributed by atoms with Crippen LogP contribution in [-0.2, 0) is 17.5 Å². The molecule has 4 nitrogen and oxygen atoms in total. The second-order valence-corrected chi connectivity index (χ2v) is 7.22. The number of thioether (sulfide) groups is 1. The minimum Gasteiger partial charge on any atom is -0.340 e. The van der Waals surface area contributed by atoms with Gasteiger partial charge in [0.1, 0.15) is 11.1 Å². The summed E-state index contributed by atoms with van der Waals surface area (Å²) in [5.74, 6) is -0.344. The van der Waals surface area contributed by atoms with Gasteiger partial charge in [-0.05, 0) is 24.4 Å². The molecule has 0 N–H and O–H groups in total. The SMILES string of the molecule is Cc1cc(C(F)(F)F)c(C#N)c(SCC(=O)N(C)Cc2cccs2)n1. The molecule has 2 rings (SSSR count). The summed E-state index contributed by atoms with van der Waals surface area (Å²) in [6.07, 6.45) is -4.64. The number of aromatic nitrogens is 1. The predicted molar refractivity (Wildman–Crippen MR) is 90.2 cm³/mol. The number of rotatable bonds is 5. The quantitative estimate of drug-likeness (QED) is 0.728. The minimum atomic E-state index is -4.64. The highest BCUT2D eigenvalue weighted by Crippen LogP contribution is 2.35. The van der Waals surface area contributed by atoms with Crippen LogP contribution in [0.15, 0.2) is 28.6 Å². The van der Waals surface area contributed by atoms with E-state index in [1.54, 1.807) is 13.1 Å². The summed E-state index contributed by atoms with van der Waals surface area (Å²) in [5.41, 5.74) is -1.42. The number of nitriles is 1. The number of thiophene rings is 1. The Morgan fingerprint density at radius 1 is 1.48 bits per heavy atom. The molecule has 132 valence electrons. The highest BCUT2D eigenvalue weighted by atomic mass is 32.2. The van der Waals surface area contributed by atoms with Gasteiger partial charge in [0.05, 0.1) is 23.4 Å². The molecule has 0 atom stereocenters. The number of carbonyl (C=O) groups is 1. The monoisotopic (exact) mass is 385 g/mol. The number of aryl methyl sites for hydroxylation is 1. The van der Waals surface area contributed by atoms with Gasteiger partial charge in [-0.15, -0.1) is 11.3 Å². The molecule has 9 heteroatoms. The second-order valence-electron chi connectivity index (χ2n) is 5.22. The van der Waals surface area contributed by atoms with Crippen molar-refractivity contribution >= 4 is 29.0 Å². The molecule has 0 aliphatic heterocycles. The Bertz CT molecular complexity index is 798. The van der Waals surface area contributed by atoms with Gasteiger partial charge in [-0.3, -0.25) is 4.79 Å². The van der Waals surface area contributed by atoms with Gasteiger partial charge in [0, 0.05) is 17.6 Å². The third-order valence-electron chi connectivity index (χ3n) is 3.26. The Morgan fingerprint density at radius 2 is 2.20 bits per heavy atom. The number of pyridine rings is 1. The van der Waals surface area contributed by atoms with Gasteiger partial charge < -0.3 is 4.90 Å². The average molecular weight is 385 g/mol. The topological polar surface area (TPSA) is 57.0 Å². The van der Waals surface area contributed by atoms with Crippen LogP contribution in [0.1, 0.15) is 21.7 Å². The molecule has 1 amide bonds. The first kappa shape index (κ1) is 19.3. The van der Waals surface area contributed by atoms with Crippen LogP contribution < -0.4 is 0 Å².